The van der Waals surface area contributed by atoms with E-state index in [0.717, 1.165) is 24.3 Å². The van der Waals surface area contributed by atoms with E-state index in [4.69, 9.17) is 0 Å². The van der Waals surface area contributed by atoms with Crippen LogP contribution in [-0.2, 0) is 0 Å². The number of likely N-dealkylation sites (N-methyl/N-ethyl adjacent to an activating group) is 1. The highest BCUT2D eigenvalue weighted by atomic mass is 15.1. The predicted octanol–water partition coefficient (Wildman–Crippen LogP) is 3.03. The number of nitrogens with one attached hydrogen (secondary N) is 3. The highest BCUT2D eigenvalue weighted by Crippen LogP contribution is 2.27. The Hall–Kier alpha value is -2.91. The van der Waals surface area contributed by atoms with E-state index < -0.39 is 0 Å². The Morgan fingerprint density at radius 1 is 0.846 bits per heavy atom. The van der Waals surface area contributed by atoms with Crippen LogP contribution in [0.3, 0.4) is 0 Å². The van der Waals surface area contributed by atoms with E-state index in [1.807, 2.05) is 0 Å². The van der Waals surface area contributed by atoms with Crippen LogP contribution in [0.5, 0.6) is 0 Å². The molecule has 0 spiro atoms. The van der Waals surface area contributed by atoms with E-state index in [-0.39, 0.29) is 0 Å². The molecule has 4 rings (SSSR count). The third-order valence-electron chi connectivity index (χ3n) is 4.78. The molecule has 3 N–H and O–H groups in total. The zero-order chi connectivity index (χ0) is 17.9. The van der Waals surface area contributed by atoms with Gasteiger partial charge in [-0.05, 0) is 29.0 Å². The lowest BCUT2D eigenvalue weighted by Crippen LogP contribution is -3.06. The normalized spacial score (nSPS) is 11.3. The summed E-state index contributed by atoms with van der Waals surface area (Å²) in [5.74, 6) is 0. The predicted molar refractivity (Wildman–Crippen MR) is 110 cm³/mol. The Kier molecular flexibility index (Phi) is 4.55. The number of quaternary nitrogens is 1. The molecule has 0 amide bonds. The minimum atomic E-state index is 0.952. The molecule has 0 aliphatic heterocycles. The van der Waals surface area contributed by atoms with E-state index in [0.29, 0.717) is 0 Å². The third-order valence-corrected chi connectivity index (χ3v) is 4.78. The maximum atomic E-state index is 3.63. The second-order valence-electron chi connectivity index (χ2n) is 7.09. The average Bonchev–Trinajstić information content (AvgIpc) is 2.67. The van der Waals surface area contributed by atoms with Gasteiger partial charge in [0.15, 0.2) is 0 Å². The number of fused-ring (bicyclic) bond motifs is 2. The molecule has 4 aromatic rings. The molecule has 0 atom stereocenters. The fourth-order valence-corrected chi connectivity index (χ4v) is 3.34. The van der Waals surface area contributed by atoms with Crippen molar-refractivity contribution >= 4 is 27.4 Å². The molecule has 0 radical (unpaired) electrons. The SMILES string of the molecule is C[NH+](C)CCNc1cc(-c2ccc3ccccc3c2)[nH+]c2ccccc12. The van der Waals surface area contributed by atoms with Gasteiger partial charge in [0, 0.05) is 17.7 Å². The van der Waals surface area contributed by atoms with Crippen LogP contribution < -0.4 is 15.2 Å². The summed E-state index contributed by atoms with van der Waals surface area (Å²) in [6.07, 6.45) is 0. The average molecular weight is 343 g/mol. The highest BCUT2D eigenvalue weighted by molar-refractivity contribution is 5.92. The maximum absolute atomic E-state index is 3.63. The Labute approximate surface area is 154 Å². The van der Waals surface area contributed by atoms with Gasteiger partial charge >= 0.3 is 0 Å². The topological polar surface area (TPSA) is 30.6 Å². The van der Waals surface area contributed by atoms with Crippen LogP contribution in [0.1, 0.15) is 0 Å². The number of pyridine rings is 1. The van der Waals surface area contributed by atoms with Crippen molar-refractivity contribution in [1.82, 2.24) is 0 Å². The molecule has 3 nitrogen and oxygen atoms in total. The summed E-state index contributed by atoms with van der Waals surface area (Å²) < 4.78 is 0. The zero-order valence-corrected chi connectivity index (χ0v) is 15.3. The monoisotopic (exact) mass is 343 g/mol. The van der Waals surface area contributed by atoms with Gasteiger partial charge in [0.25, 0.3) is 0 Å². The number of aromatic nitrogens is 1. The van der Waals surface area contributed by atoms with Crippen molar-refractivity contribution in [2.45, 2.75) is 0 Å². The van der Waals surface area contributed by atoms with E-state index in [9.17, 15) is 0 Å². The van der Waals surface area contributed by atoms with E-state index in [1.165, 1.54) is 32.3 Å². The van der Waals surface area contributed by atoms with Crippen molar-refractivity contribution in [2.75, 3.05) is 32.5 Å². The number of hydrogen-bond acceptors (Lipinski definition) is 1. The number of rotatable bonds is 5. The molecule has 0 bridgehead atoms. The van der Waals surface area contributed by atoms with Gasteiger partial charge in [-0.25, -0.2) is 4.98 Å². The molecule has 0 saturated carbocycles. The van der Waals surface area contributed by atoms with Crippen molar-refractivity contribution in [2.24, 2.45) is 0 Å². The number of hydrogen-bond donors (Lipinski definition) is 2. The van der Waals surface area contributed by atoms with Crippen LogP contribution in [0.25, 0.3) is 32.9 Å². The first kappa shape index (κ1) is 16.6. The standard InChI is InChI=1S/C23H23N3/c1-26(2)14-13-24-23-16-22(25-21-10-6-5-9-20(21)23)19-12-11-17-7-3-4-8-18(17)15-19/h3-12,15-16H,13-14H2,1-2H3,(H,24,25)/p+2. The molecule has 1 aromatic heterocycles. The Balaban J connectivity index is 1.78. The minimum absolute atomic E-state index is 0.952. The summed E-state index contributed by atoms with van der Waals surface area (Å²) in [5.41, 5.74) is 4.67. The van der Waals surface area contributed by atoms with Crippen molar-refractivity contribution in [1.29, 1.82) is 0 Å². The smallest absolute Gasteiger partial charge is 0.213 e. The first-order valence-electron chi connectivity index (χ1n) is 9.18. The van der Waals surface area contributed by atoms with Crippen molar-refractivity contribution in [3.63, 3.8) is 0 Å². The van der Waals surface area contributed by atoms with E-state index >= 15 is 0 Å². The van der Waals surface area contributed by atoms with E-state index in [1.54, 1.807) is 0 Å². The van der Waals surface area contributed by atoms with Crippen LogP contribution in [0.15, 0.2) is 72.8 Å². The van der Waals surface area contributed by atoms with Gasteiger partial charge in [-0.15, -0.1) is 0 Å². The van der Waals surface area contributed by atoms with Crippen LogP contribution in [0.2, 0.25) is 0 Å². The molecule has 3 aromatic carbocycles. The molecule has 0 saturated heterocycles. The quantitative estimate of drug-likeness (QED) is 0.573. The summed E-state index contributed by atoms with van der Waals surface area (Å²) in [7, 11) is 4.36. The second kappa shape index (κ2) is 7.14. The largest absolute Gasteiger partial charge is 0.378 e. The lowest BCUT2D eigenvalue weighted by atomic mass is 10.0. The Bertz CT molecular complexity index is 1050. The fraction of sp³-hybridized carbons (Fsp3) is 0.174. The van der Waals surface area contributed by atoms with Crippen LogP contribution in [0.4, 0.5) is 5.69 Å². The molecule has 26 heavy (non-hydrogen) atoms. The fourth-order valence-electron chi connectivity index (χ4n) is 3.34. The van der Waals surface area contributed by atoms with Gasteiger partial charge in [0.1, 0.15) is 0 Å². The number of anilines is 1. The number of para-hydroxylation sites is 1. The van der Waals surface area contributed by atoms with Crippen LogP contribution >= 0.6 is 0 Å². The molecule has 0 unspecified atom stereocenters. The summed E-state index contributed by atoms with van der Waals surface area (Å²) in [5, 5.41) is 7.38. The lowest BCUT2D eigenvalue weighted by Gasteiger charge is -2.11. The van der Waals surface area contributed by atoms with Gasteiger partial charge in [-0.3, -0.25) is 0 Å². The molecular weight excluding hydrogens is 318 g/mol. The van der Waals surface area contributed by atoms with Gasteiger partial charge in [0.05, 0.1) is 38.3 Å². The lowest BCUT2D eigenvalue weighted by molar-refractivity contribution is -0.856. The Morgan fingerprint density at radius 2 is 1.62 bits per heavy atom. The Morgan fingerprint density at radius 3 is 2.46 bits per heavy atom. The van der Waals surface area contributed by atoms with E-state index in [2.05, 4.69) is 97.2 Å². The second-order valence-corrected chi connectivity index (χ2v) is 7.09. The molecule has 0 aliphatic carbocycles. The number of H-pyrrole nitrogens is 1. The summed E-state index contributed by atoms with van der Waals surface area (Å²) in [6, 6.07) is 25.8. The van der Waals surface area contributed by atoms with Gasteiger partial charge in [0.2, 0.25) is 11.2 Å². The van der Waals surface area contributed by atoms with Gasteiger partial charge < -0.3 is 10.2 Å². The molecule has 0 fully saturated rings. The minimum Gasteiger partial charge on any atom is -0.378 e. The molecule has 1 heterocycles. The molecule has 130 valence electrons. The molecular formula is C23H25N3+2. The third kappa shape index (κ3) is 3.39. The van der Waals surface area contributed by atoms with Gasteiger partial charge in [-0.1, -0.05) is 42.5 Å². The van der Waals surface area contributed by atoms with Crippen molar-refractivity contribution in [3.05, 3.63) is 72.8 Å². The first-order chi connectivity index (χ1) is 12.7. The van der Waals surface area contributed by atoms with Crippen LogP contribution in [-0.4, -0.2) is 27.2 Å². The molecule has 0 aliphatic rings. The number of aromatic amines is 1. The van der Waals surface area contributed by atoms with Crippen LogP contribution in [0, 0.1) is 0 Å². The highest BCUT2D eigenvalue weighted by Gasteiger charge is 2.13. The maximum Gasteiger partial charge on any atom is 0.213 e. The van der Waals surface area contributed by atoms with Crippen molar-refractivity contribution in [3.8, 4) is 11.3 Å². The molecule has 3 heteroatoms. The zero-order valence-electron chi connectivity index (χ0n) is 15.3. The van der Waals surface area contributed by atoms with Gasteiger partial charge in [-0.2, -0.15) is 0 Å². The first-order valence-corrected chi connectivity index (χ1v) is 9.18. The summed E-state index contributed by atoms with van der Waals surface area (Å²) >= 11 is 0. The van der Waals surface area contributed by atoms with Crippen molar-refractivity contribution < 1.29 is 9.88 Å². The summed E-state index contributed by atoms with van der Waals surface area (Å²) in [6.45, 7) is 2.03. The number of benzene rings is 3. The summed E-state index contributed by atoms with van der Waals surface area (Å²) in [4.78, 5) is 5.05.